The van der Waals surface area contributed by atoms with Crippen LogP contribution in [0, 0.1) is 35.6 Å². The van der Waals surface area contributed by atoms with Gasteiger partial charge in [-0.15, -0.1) is 6.42 Å². The fourth-order valence-electron chi connectivity index (χ4n) is 2.68. The first kappa shape index (κ1) is 19.8. The standard InChI is InChI=1S/C19H13ClF4O2/c1-3-12(10-4-6-11(21)7-5-10)13(8-16(25)26-2)17-18(23)14(20)9-15(22)19(17)24/h1,4-7,9,12-13H,8H2,2H3. The number of hydrogen-bond donors (Lipinski definition) is 0. The summed E-state index contributed by atoms with van der Waals surface area (Å²) in [7, 11) is 1.09. The third-order valence-electron chi connectivity index (χ3n) is 3.94. The monoisotopic (exact) mass is 384 g/mol. The molecule has 136 valence electrons. The fraction of sp³-hybridized carbons (Fsp3) is 0.211. The molecule has 2 aromatic rings. The Balaban J connectivity index is 2.66. The number of carbonyl (C=O) groups is 1. The normalized spacial score (nSPS) is 13.0. The second-order valence-corrected chi connectivity index (χ2v) is 5.87. The summed E-state index contributed by atoms with van der Waals surface area (Å²) in [6, 6.07) is 5.36. The van der Waals surface area contributed by atoms with E-state index < -0.39 is 58.1 Å². The van der Waals surface area contributed by atoms with Crippen molar-refractivity contribution < 1.29 is 27.1 Å². The molecule has 0 aliphatic carbocycles. The smallest absolute Gasteiger partial charge is 0.306 e. The molecule has 0 aromatic heterocycles. The number of terminal acetylenes is 1. The van der Waals surface area contributed by atoms with Gasteiger partial charge in [-0.25, -0.2) is 17.6 Å². The molecule has 2 atom stereocenters. The van der Waals surface area contributed by atoms with E-state index in [1.165, 1.54) is 12.1 Å². The van der Waals surface area contributed by atoms with Gasteiger partial charge in [-0.3, -0.25) is 4.79 Å². The van der Waals surface area contributed by atoms with Crippen LogP contribution in [0.5, 0.6) is 0 Å². The highest BCUT2D eigenvalue weighted by Crippen LogP contribution is 2.40. The summed E-state index contributed by atoms with van der Waals surface area (Å²) in [5, 5.41) is -0.649. The van der Waals surface area contributed by atoms with E-state index in [1.54, 1.807) is 0 Å². The van der Waals surface area contributed by atoms with Crippen LogP contribution in [0.2, 0.25) is 5.02 Å². The fourth-order valence-corrected chi connectivity index (χ4v) is 2.88. The van der Waals surface area contributed by atoms with Gasteiger partial charge in [-0.1, -0.05) is 29.7 Å². The van der Waals surface area contributed by atoms with Crippen LogP contribution in [0.25, 0.3) is 0 Å². The molecule has 0 fully saturated rings. The van der Waals surface area contributed by atoms with Crippen molar-refractivity contribution >= 4 is 17.6 Å². The molecule has 26 heavy (non-hydrogen) atoms. The zero-order valence-corrected chi connectivity index (χ0v) is 14.3. The SMILES string of the molecule is C#CC(c1ccc(F)cc1)C(CC(=O)OC)c1c(F)c(F)cc(Cl)c1F. The third kappa shape index (κ3) is 4.00. The van der Waals surface area contributed by atoms with E-state index in [2.05, 4.69) is 10.7 Å². The van der Waals surface area contributed by atoms with Gasteiger partial charge in [0.1, 0.15) is 11.6 Å². The first-order chi connectivity index (χ1) is 12.3. The number of halogens is 5. The Kier molecular flexibility index (Phi) is 6.27. The minimum atomic E-state index is -1.50. The van der Waals surface area contributed by atoms with Gasteiger partial charge < -0.3 is 4.74 Å². The summed E-state index contributed by atoms with van der Waals surface area (Å²) in [6.45, 7) is 0. The molecule has 0 N–H and O–H groups in total. The van der Waals surface area contributed by atoms with E-state index in [9.17, 15) is 22.4 Å². The largest absolute Gasteiger partial charge is 0.469 e. The van der Waals surface area contributed by atoms with Crippen molar-refractivity contribution in [1.82, 2.24) is 0 Å². The second-order valence-electron chi connectivity index (χ2n) is 5.46. The minimum absolute atomic E-state index is 0.321. The van der Waals surface area contributed by atoms with E-state index in [-0.39, 0.29) is 0 Å². The highest BCUT2D eigenvalue weighted by Gasteiger charge is 2.33. The van der Waals surface area contributed by atoms with Crippen molar-refractivity contribution in [2.45, 2.75) is 18.3 Å². The highest BCUT2D eigenvalue weighted by molar-refractivity contribution is 6.30. The molecule has 2 unspecified atom stereocenters. The van der Waals surface area contributed by atoms with E-state index in [1.807, 2.05) is 0 Å². The Labute approximate surface area is 152 Å². The summed E-state index contributed by atoms with van der Waals surface area (Å²) in [6.07, 6.45) is 4.98. The molecule has 2 nitrogen and oxygen atoms in total. The number of methoxy groups -OCH3 is 1. The number of ether oxygens (including phenoxy) is 1. The van der Waals surface area contributed by atoms with Gasteiger partial charge in [-0.2, -0.15) is 0 Å². The topological polar surface area (TPSA) is 26.3 Å². The van der Waals surface area contributed by atoms with E-state index in [4.69, 9.17) is 18.0 Å². The van der Waals surface area contributed by atoms with Crippen LogP contribution in [-0.4, -0.2) is 13.1 Å². The first-order valence-electron chi connectivity index (χ1n) is 7.41. The molecule has 0 bridgehead atoms. The minimum Gasteiger partial charge on any atom is -0.469 e. The van der Waals surface area contributed by atoms with Crippen molar-refractivity contribution in [2.75, 3.05) is 7.11 Å². The molecular formula is C19H13ClF4O2. The van der Waals surface area contributed by atoms with Gasteiger partial charge in [0, 0.05) is 11.5 Å². The van der Waals surface area contributed by atoms with Gasteiger partial charge in [-0.05, 0) is 23.8 Å². The Bertz CT molecular complexity index is 833. The Morgan fingerprint density at radius 3 is 2.35 bits per heavy atom. The zero-order chi connectivity index (χ0) is 19.4. The summed E-state index contributed by atoms with van der Waals surface area (Å²) < 4.78 is 60.4. The van der Waals surface area contributed by atoms with Crippen LogP contribution < -0.4 is 0 Å². The molecule has 0 amide bonds. The average molecular weight is 385 g/mol. The Morgan fingerprint density at radius 1 is 1.19 bits per heavy atom. The zero-order valence-electron chi connectivity index (χ0n) is 13.5. The maximum Gasteiger partial charge on any atom is 0.306 e. The predicted octanol–water partition coefficient (Wildman–Crippen LogP) is 4.96. The maximum absolute atomic E-state index is 14.5. The number of rotatable bonds is 5. The summed E-state index contributed by atoms with van der Waals surface area (Å²) in [5.74, 6) is -5.49. The van der Waals surface area contributed by atoms with Crippen LogP contribution in [0.3, 0.4) is 0 Å². The molecule has 0 saturated carbocycles. The van der Waals surface area contributed by atoms with Gasteiger partial charge in [0.05, 0.1) is 24.5 Å². The van der Waals surface area contributed by atoms with E-state index in [0.717, 1.165) is 19.2 Å². The number of hydrogen-bond acceptors (Lipinski definition) is 2. The molecule has 7 heteroatoms. The molecule has 0 radical (unpaired) electrons. The molecule has 0 heterocycles. The molecule has 0 aliphatic heterocycles. The van der Waals surface area contributed by atoms with Crippen LogP contribution in [0.4, 0.5) is 17.6 Å². The summed E-state index contributed by atoms with van der Waals surface area (Å²) in [4.78, 5) is 11.8. The first-order valence-corrected chi connectivity index (χ1v) is 7.79. The van der Waals surface area contributed by atoms with Gasteiger partial charge in [0.15, 0.2) is 11.6 Å². The van der Waals surface area contributed by atoms with E-state index >= 15 is 0 Å². The van der Waals surface area contributed by atoms with Crippen molar-refractivity contribution in [3.05, 3.63) is 69.8 Å². The average Bonchev–Trinajstić information content (AvgIpc) is 2.62. The molecule has 0 saturated heterocycles. The van der Waals surface area contributed by atoms with E-state index in [0.29, 0.717) is 11.6 Å². The van der Waals surface area contributed by atoms with Crippen molar-refractivity contribution in [1.29, 1.82) is 0 Å². The van der Waals surface area contributed by atoms with Crippen LogP contribution in [0.1, 0.15) is 29.4 Å². The third-order valence-corrected chi connectivity index (χ3v) is 4.22. The Morgan fingerprint density at radius 2 is 1.81 bits per heavy atom. The van der Waals surface area contributed by atoms with Gasteiger partial charge in [0.2, 0.25) is 0 Å². The summed E-state index contributed by atoms with van der Waals surface area (Å²) >= 11 is 5.62. The van der Waals surface area contributed by atoms with Crippen molar-refractivity contribution in [2.24, 2.45) is 0 Å². The quantitative estimate of drug-likeness (QED) is 0.315. The lowest BCUT2D eigenvalue weighted by molar-refractivity contribution is -0.141. The molecule has 2 aromatic carbocycles. The lowest BCUT2D eigenvalue weighted by atomic mass is 9.79. The number of benzene rings is 2. The lowest BCUT2D eigenvalue weighted by Gasteiger charge is -2.24. The van der Waals surface area contributed by atoms with Gasteiger partial charge >= 0.3 is 5.97 Å². The molecular weight excluding hydrogens is 372 g/mol. The summed E-state index contributed by atoms with van der Waals surface area (Å²) in [5.41, 5.74) is -0.435. The second kappa shape index (κ2) is 8.24. The predicted molar refractivity (Wildman–Crippen MR) is 88.7 cm³/mol. The van der Waals surface area contributed by atoms with Crippen LogP contribution in [-0.2, 0) is 9.53 Å². The molecule has 2 rings (SSSR count). The van der Waals surface area contributed by atoms with Gasteiger partial charge in [0.25, 0.3) is 0 Å². The number of esters is 1. The van der Waals surface area contributed by atoms with Crippen molar-refractivity contribution in [3.63, 3.8) is 0 Å². The number of carbonyl (C=O) groups excluding carboxylic acids is 1. The van der Waals surface area contributed by atoms with Crippen molar-refractivity contribution in [3.8, 4) is 12.3 Å². The van der Waals surface area contributed by atoms with Crippen LogP contribution in [0.15, 0.2) is 30.3 Å². The van der Waals surface area contributed by atoms with Crippen LogP contribution >= 0.6 is 11.6 Å². The lowest BCUT2D eigenvalue weighted by Crippen LogP contribution is -2.19. The Hall–Kier alpha value is -2.52. The highest BCUT2D eigenvalue weighted by atomic mass is 35.5. The molecule has 0 aliphatic rings. The maximum atomic E-state index is 14.5. The molecule has 0 spiro atoms.